The van der Waals surface area contributed by atoms with Crippen LogP contribution in [0.4, 0.5) is 11.4 Å². The summed E-state index contributed by atoms with van der Waals surface area (Å²) in [6, 6.07) is 7.85. The lowest BCUT2D eigenvalue weighted by Crippen LogP contribution is -2.40. The Morgan fingerprint density at radius 1 is 1.33 bits per heavy atom. The quantitative estimate of drug-likeness (QED) is 0.923. The van der Waals surface area contributed by atoms with Gasteiger partial charge in [-0.3, -0.25) is 9.48 Å². The zero-order valence-electron chi connectivity index (χ0n) is 13.8. The van der Waals surface area contributed by atoms with E-state index in [9.17, 15) is 4.79 Å². The molecule has 0 aliphatic carbocycles. The Hall–Kier alpha value is -2.05. The number of hydrogen-bond acceptors (Lipinski definition) is 4. The molecule has 0 unspecified atom stereocenters. The molecular formula is C17H21ClN4O2. The molecule has 0 spiro atoms. The third-order valence-electron chi connectivity index (χ3n) is 4.16. The molecule has 3 rings (SSSR count). The average Bonchev–Trinajstić information content (AvgIpc) is 3.03. The van der Waals surface area contributed by atoms with E-state index in [-0.39, 0.29) is 5.91 Å². The largest absolute Gasteiger partial charge is 0.378 e. The van der Waals surface area contributed by atoms with Crippen LogP contribution in [0.2, 0.25) is 5.02 Å². The van der Waals surface area contributed by atoms with Gasteiger partial charge in [0.1, 0.15) is 5.54 Å². The van der Waals surface area contributed by atoms with Crippen LogP contribution in [0.1, 0.15) is 13.8 Å². The molecule has 1 aromatic carbocycles. The highest BCUT2D eigenvalue weighted by Gasteiger charge is 2.30. The predicted molar refractivity (Wildman–Crippen MR) is 94.7 cm³/mol. The summed E-state index contributed by atoms with van der Waals surface area (Å²) in [5.74, 6) is -0.151. The number of amides is 1. The molecule has 6 nitrogen and oxygen atoms in total. The molecule has 2 aromatic rings. The van der Waals surface area contributed by atoms with Crippen molar-refractivity contribution in [1.82, 2.24) is 9.78 Å². The Balaban J connectivity index is 1.74. The van der Waals surface area contributed by atoms with Crippen molar-refractivity contribution in [2.24, 2.45) is 0 Å². The molecule has 24 heavy (non-hydrogen) atoms. The first-order valence-corrected chi connectivity index (χ1v) is 8.29. The van der Waals surface area contributed by atoms with Crippen LogP contribution in [0.25, 0.3) is 0 Å². The number of carbonyl (C=O) groups is 1. The van der Waals surface area contributed by atoms with Gasteiger partial charge in [-0.25, -0.2) is 0 Å². The van der Waals surface area contributed by atoms with Crippen molar-refractivity contribution in [3.05, 3.63) is 41.7 Å². The minimum Gasteiger partial charge on any atom is -0.378 e. The number of nitrogens with one attached hydrogen (secondary N) is 1. The van der Waals surface area contributed by atoms with Crippen molar-refractivity contribution < 1.29 is 9.53 Å². The molecule has 0 saturated carbocycles. The van der Waals surface area contributed by atoms with E-state index >= 15 is 0 Å². The normalized spacial score (nSPS) is 15.4. The molecule has 0 bridgehead atoms. The topological polar surface area (TPSA) is 59.4 Å². The molecule has 7 heteroatoms. The number of aromatic nitrogens is 2. The fourth-order valence-corrected chi connectivity index (χ4v) is 2.73. The van der Waals surface area contributed by atoms with Crippen molar-refractivity contribution in [1.29, 1.82) is 0 Å². The molecule has 1 N–H and O–H groups in total. The minimum absolute atomic E-state index is 0.151. The molecule has 1 saturated heterocycles. The van der Waals surface area contributed by atoms with Crippen LogP contribution in [0.5, 0.6) is 0 Å². The van der Waals surface area contributed by atoms with E-state index in [1.165, 1.54) is 6.20 Å². The summed E-state index contributed by atoms with van der Waals surface area (Å²) in [5, 5.41) is 7.62. The van der Waals surface area contributed by atoms with Gasteiger partial charge in [-0.1, -0.05) is 17.7 Å². The third kappa shape index (κ3) is 3.55. The Labute approximate surface area is 146 Å². The number of anilines is 2. The van der Waals surface area contributed by atoms with Gasteiger partial charge >= 0.3 is 0 Å². The van der Waals surface area contributed by atoms with E-state index in [2.05, 4.69) is 15.3 Å². The van der Waals surface area contributed by atoms with Gasteiger partial charge in [-0.05, 0) is 32.0 Å². The lowest BCUT2D eigenvalue weighted by Gasteiger charge is -2.29. The molecule has 0 atom stereocenters. The molecule has 1 aromatic heterocycles. The summed E-state index contributed by atoms with van der Waals surface area (Å²) in [6.45, 7) is 6.77. The van der Waals surface area contributed by atoms with E-state index in [0.29, 0.717) is 5.02 Å². The highest BCUT2D eigenvalue weighted by atomic mass is 35.5. The van der Waals surface area contributed by atoms with E-state index in [1.54, 1.807) is 24.7 Å². The summed E-state index contributed by atoms with van der Waals surface area (Å²) in [6.07, 6.45) is 3.17. The Morgan fingerprint density at radius 2 is 2.08 bits per heavy atom. The molecule has 1 aliphatic heterocycles. The first kappa shape index (κ1) is 16.8. The highest BCUT2D eigenvalue weighted by Crippen LogP contribution is 2.23. The van der Waals surface area contributed by atoms with Gasteiger partial charge < -0.3 is 15.0 Å². The zero-order chi connectivity index (χ0) is 17.2. The first-order chi connectivity index (χ1) is 11.5. The number of ether oxygens (including phenoxy) is 1. The maximum Gasteiger partial charge on any atom is 0.251 e. The van der Waals surface area contributed by atoms with Crippen LogP contribution >= 0.6 is 11.6 Å². The standard InChI is InChI=1S/C17H21ClN4O2/c1-17(2,22-12-13(18)11-19-22)16(23)20-14-4-3-5-15(10-14)21-6-8-24-9-7-21/h3-5,10-12H,6-9H2,1-2H3,(H,20,23). The summed E-state index contributed by atoms with van der Waals surface area (Å²) in [5.41, 5.74) is 0.994. The molecule has 2 heterocycles. The second-order valence-corrected chi connectivity index (χ2v) is 6.70. The fraction of sp³-hybridized carbons (Fsp3) is 0.412. The summed E-state index contributed by atoms with van der Waals surface area (Å²) in [7, 11) is 0. The van der Waals surface area contributed by atoms with E-state index in [0.717, 1.165) is 37.7 Å². The molecular weight excluding hydrogens is 328 g/mol. The maximum absolute atomic E-state index is 12.7. The number of morpholine rings is 1. The van der Waals surface area contributed by atoms with Gasteiger partial charge in [0.05, 0.1) is 24.4 Å². The number of carbonyl (C=O) groups excluding carboxylic acids is 1. The van der Waals surface area contributed by atoms with Crippen molar-refractivity contribution >= 4 is 28.9 Å². The average molecular weight is 349 g/mol. The Bertz CT molecular complexity index is 723. The second-order valence-electron chi connectivity index (χ2n) is 6.27. The number of rotatable bonds is 4. The van der Waals surface area contributed by atoms with Crippen molar-refractivity contribution in [3.8, 4) is 0 Å². The van der Waals surface area contributed by atoms with Gasteiger partial charge in [0.25, 0.3) is 5.91 Å². The summed E-state index contributed by atoms with van der Waals surface area (Å²) < 4.78 is 6.95. The summed E-state index contributed by atoms with van der Waals surface area (Å²) in [4.78, 5) is 14.9. The lowest BCUT2D eigenvalue weighted by atomic mass is 10.0. The summed E-state index contributed by atoms with van der Waals surface area (Å²) >= 11 is 5.91. The van der Waals surface area contributed by atoms with E-state index in [4.69, 9.17) is 16.3 Å². The van der Waals surface area contributed by atoms with E-state index in [1.807, 2.05) is 24.3 Å². The molecule has 128 valence electrons. The van der Waals surface area contributed by atoms with Crippen LogP contribution in [-0.4, -0.2) is 42.0 Å². The van der Waals surface area contributed by atoms with Crippen LogP contribution in [0.15, 0.2) is 36.7 Å². The number of hydrogen-bond donors (Lipinski definition) is 1. The van der Waals surface area contributed by atoms with E-state index < -0.39 is 5.54 Å². The fourth-order valence-electron chi connectivity index (χ4n) is 2.60. The van der Waals surface area contributed by atoms with Crippen LogP contribution < -0.4 is 10.2 Å². The third-order valence-corrected chi connectivity index (χ3v) is 4.35. The highest BCUT2D eigenvalue weighted by molar-refractivity contribution is 6.30. The van der Waals surface area contributed by atoms with Gasteiger partial charge in [0.15, 0.2) is 0 Å². The molecule has 1 amide bonds. The number of benzene rings is 1. The van der Waals surface area contributed by atoms with Crippen molar-refractivity contribution in [2.45, 2.75) is 19.4 Å². The van der Waals surface area contributed by atoms with Gasteiger partial charge in [0.2, 0.25) is 0 Å². The Morgan fingerprint density at radius 3 is 2.75 bits per heavy atom. The van der Waals surface area contributed by atoms with Gasteiger partial charge in [0, 0.05) is 30.7 Å². The Kier molecular flexibility index (Phi) is 4.78. The van der Waals surface area contributed by atoms with Crippen molar-refractivity contribution in [3.63, 3.8) is 0 Å². The van der Waals surface area contributed by atoms with Gasteiger partial charge in [-0.15, -0.1) is 0 Å². The second kappa shape index (κ2) is 6.83. The van der Waals surface area contributed by atoms with Crippen LogP contribution in [-0.2, 0) is 15.1 Å². The monoisotopic (exact) mass is 348 g/mol. The molecule has 0 radical (unpaired) electrons. The van der Waals surface area contributed by atoms with Crippen LogP contribution in [0, 0.1) is 0 Å². The minimum atomic E-state index is -0.845. The lowest BCUT2D eigenvalue weighted by molar-refractivity contribution is -0.123. The number of halogens is 1. The maximum atomic E-state index is 12.7. The number of nitrogens with zero attached hydrogens (tertiary/aromatic N) is 3. The van der Waals surface area contributed by atoms with Crippen molar-refractivity contribution in [2.75, 3.05) is 36.5 Å². The zero-order valence-corrected chi connectivity index (χ0v) is 14.6. The smallest absolute Gasteiger partial charge is 0.251 e. The molecule has 1 fully saturated rings. The first-order valence-electron chi connectivity index (χ1n) is 7.92. The van der Waals surface area contributed by atoms with Crippen LogP contribution in [0.3, 0.4) is 0 Å². The molecule has 1 aliphatic rings. The SMILES string of the molecule is CC(C)(C(=O)Nc1cccc(N2CCOCC2)c1)n1cc(Cl)cn1. The van der Waals surface area contributed by atoms with Gasteiger partial charge in [-0.2, -0.15) is 5.10 Å². The predicted octanol–water partition coefficient (Wildman–Crippen LogP) is 2.75.